The summed E-state index contributed by atoms with van der Waals surface area (Å²) in [5, 5.41) is 19.4. The molecule has 0 spiro atoms. The molecule has 0 aromatic heterocycles. The summed E-state index contributed by atoms with van der Waals surface area (Å²) < 4.78 is 0. The van der Waals surface area contributed by atoms with Crippen LogP contribution in [0.15, 0.2) is 12.2 Å². The quantitative estimate of drug-likeness (QED) is 0.167. The summed E-state index contributed by atoms with van der Waals surface area (Å²) in [6.45, 7) is 3.70. The van der Waals surface area contributed by atoms with Gasteiger partial charge in [-0.1, -0.05) is 76.9 Å². The molecule has 4 N–H and O–H groups in total. The SMILES string of the molecule is CCCCCCCC/C=C\CCCCCCCCC[NH2+]CC(O)O.[Br-]. The number of nitrogens with two attached hydrogens (primary N) is 1. The minimum Gasteiger partial charge on any atom is -1.00 e. The molecule has 25 heavy (non-hydrogen) atoms. The second-order valence-electron chi connectivity index (χ2n) is 7.09. The van der Waals surface area contributed by atoms with Crippen LogP contribution in [0.25, 0.3) is 0 Å². The molecule has 0 radical (unpaired) electrons. The topological polar surface area (TPSA) is 57.1 Å². The van der Waals surface area contributed by atoms with Gasteiger partial charge >= 0.3 is 0 Å². The van der Waals surface area contributed by atoms with Gasteiger partial charge in [-0.15, -0.1) is 0 Å². The largest absolute Gasteiger partial charge is 1.00 e. The van der Waals surface area contributed by atoms with E-state index >= 15 is 0 Å². The van der Waals surface area contributed by atoms with E-state index in [1.807, 2.05) is 5.32 Å². The van der Waals surface area contributed by atoms with Crippen LogP contribution in [0.1, 0.15) is 103 Å². The van der Waals surface area contributed by atoms with Crippen LogP contribution in [-0.4, -0.2) is 29.6 Å². The summed E-state index contributed by atoms with van der Waals surface area (Å²) in [4.78, 5) is 0. The number of hydrogen-bond acceptors (Lipinski definition) is 2. The highest BCUT2D eigenvalue weighted by molar-refractivity contribution is 4.81. The molecule has 0 aliphatic carbocycles. The zero-order valence-corrected chi connectivity index (χ0v) is 18.2. The van der Waals surface area contributed by atoms with Gasteiger partial charge in [0, 0.05) is 0 Å². The molecule has 0 saturated carbocycles. The summed E-state index contributed by atoms with van der Waals surface area (Å²) in [6.07, 6.45) is 23.7. The summed E-state index contributed by atoms with van der Waals surface area (Å²) in [6, 6.07) is 0. The first kappa shape index (κ1) is 27.3. The van der Waals surface area contributed by atoms with Gasteiger partial charge in [0.05, 0.1) is 6.54 Å². The number of aliphatic hydroxyl groups is 2. The Balaban J connectivity index is 0. The third kappa shape index (κ3) is 26.4. The van der Waals surface area contributed by atoms with E-state index < -0.39 is 6.29 Å². The van der Waals surface area contributed by atoms with Crippen LogP contribution < -0.4 is 22.3 Å². The van der Waals surface area contributed by atoms with E-state index in [9.17, 15) is 0 Å². The van der Waals surface area contributed by atoms with Crippen LogP contribution in [-0.2, 0) is 0 Å². The zero-order chi connectivity index (χ0) is 17.7. The Bertz CT molecular complexity index is 260. The minimum atomic E-state index is -1.16. The van der Waals surface area contributed by atoms with Gasteiger partial charge in [0.25, 0.3) is 0 Å². The first-order valence-electron chi connectivity index (χ1n) is 10.6. The van der Waals surface area contributed by atoms with Gasteiger partial charge in [0.1, 0.15) is 6.54 Å². The number of rotatable bonds is 19. The Morgan fingerprint density at radius 1 is 0.680 bits per heavy atom. The van der Waals surface area contributed by atoms with Crippen molar-refractivity contribution in [3.05, 3.63) is 12.2 Å². The van der Waals surface area contributed by atoms with Crippen LogP contribution in [0.4, 0.5) is 0 Å². The minimum absolute atomic E-state index is 0. The fourth-order valence-corrected chi connectivity index (χ4v) is 2.98. The van der Waals surface area contributed by atoms with Gasteiger partial charge in [0.15, 0.2) is 0 Å². The molecule has 0 atom stereocenters. The monoisotopic (exact) mass is 421 g/mol. The van der Waals surface area contributed by atoms with Gasteiger partial charge < -0.3 is 32.5 Å². The Labute approximate surface area is 167 Å². The zero-order valence-electron chi connectivity index (χ0n) is 16.6. The van der Waals surface area contributed by atoms with Crippen molar-refractivity contribution < 1.29 is 32.5 Å². The van der Waals surface area contributed by atoms with Crippen LogP contribution in [0, 0.1) is 0 Å². The van der Waals surface area contributed by atoms with Crippen LogP contribution in [0.5, 0.6) is 0 Å². The predicted octanol–water partition coefficient (Wildman–Crippen LogP) is 1.29. The van der Waals surface area contributed by atoms with Crippen LogP contribution in [0.2, 0.25) is 0 Å². The van der Waals surface area contributed by atoms with E-state index in [-0.39, 0.29) is 17.0 Å². The second kappa shape index (κ2) is 24.1. The fourth-order valence-electron chi connectivity index (χ4n) is 2.98. The van der Waals surface area contributed by atoms with Crippen molar-refractivity contribution in [2.45, 2.75) is 110 Å². The van der Waals surface area contributed by atoms with E-state index in [0.717, 1.165) is 6.54 Å². The maximum absolute atomic E-state index is 8.72. The standard InChI is InChI=1S/C21H43NO2.BrH/c1-2-3-4-5-6-7-8-9-10-11-12-13-14-15-16-17-18-19-22-20-21(23)24;/h9-10,21-24H,2-8,11-20H2,1H3;1H/b10-9-;. The summed E-state index contributed by atoms with van der Waals surface area (Å²) in [7, 11) is 0. The summed E-state index contributed by atoms with van der Waals surface area (Å²) in [5.74, 6) is 0. The Morgan fingerprint density at radius 3 is 1.60 bits per heavy atom. The third-order valence-electron chi connectivity index (χ3n) is 4.55. The molecular weight excluding hydrogens is 378 g/mol. The summed E-state index contributed by atoms with van der Waals surface area (Å²) >= 11 is 0. The molecular formula is C21H44BrNO2. The number of allylic oxidation sites excluding steroid dienone is 2. The highest BCUT2D eigenvalue weighted by Gasteiger charge is 1.98. The lowest BCUT2D eigenvalue weighted by Gasteiger charge is -2.03. The van der Waals surface area contributed by atoms with Crippen molar-refractivity contribution in [3.63, 3.8) is 0 Å². The molecule has 0 rings (SSSR count). The normalized spacial score (nSPS) is 11.4. The van der Waals surface area contributed by atoms with E-state index in [2.05, 4.69) is 19.1 Å². The highest BCUT2D eigenvalue weighted by atomic mass is 79.9. The van der Waals surface area contributed by atoms with Crippen molar-refractivity contribution in [1.29, 1.82) is 0 Å². The maximum atomic E-state index is 8.72. The molecule has 0 aliphatic rings. The van der Waals surface area contributed by atoms with Crippen LogP contribution >= 0.6 is 0 Å². The fraction of sp³-hybridized carbons (Fsp3) is 0.905. The van der Waals surface area contributed by atoms with Crippen LogP contribution in [0.3, 0.4) is 0 Å². The molecule has 152 valence electrons. The number of unbranched alkanes of at least 4 members (excludes halogenated alkanes) is 13. The Kier molecular flexibility index (Phi) is 26.3. The lowest BCUT2D eigenvalue weighted by molar-refractivity contribution is -0.667. The van der Waals surface area contributed by atoms with Gasteiger partial charge in [-0.25, -0.2) is 0 Å². The van der Waals surface area contributed by atoms with Gasteiger partial charge in [-0.05, 0) is 38.5 Å². The smallest absolute Gasteiger partial charge is 0.202 e. The van der Waals surface area contributed by atoms with Crippen molar-refractivity contribution in [3.8, 4) is 0 Å². The molecule has 0 heterocycles. The molecule has 0 amide bonds. The van der Waals surface area contributed by atoms with Crippen molar-refractivity contribution in [2.24, 2.45) is 0 Å². The molecule has 0 fully saturated rings. The number of hydrogen-bond donors (Lipinski definition) is 3. The lowest BCUT2D eigenvalue weighted by Crippen LogP contribution is -3.00. The second-order valence-corrected chi connectivity index (χ2v) is 7.09. The van der Waals surface area contributed by atoms with Crippen molar-refractivity contribution in [1.82, 2.24) is 0 Å². The Morgan fingerprint density at radius 2 is 1.12 bits per heavy atom. The maximum Gasteiger partial charge on any atom is 0.202 e. The van der Waals surface area contributed by atoms with E-state index in [1.165, 1.54) is 96.3 Å². The molecule has 0 bridgehead atoms. The third-order valence-corrected chi connectivity index (χ3v) is 4.55. The van der Waals surface area contributed by atoms with E-state index in [1.54, 1.807) is 0 Å². The average Bonchev–Trinajstić information content (AvgIpc) is 2.56. The molecule has 0 saturated heterocycles. The lowest BCUT2D eigenvalue weighted by atomic mass is 10.1. The average molecular weight is 422 g/mol. The number of aliphatic hydroxyl groups excluding tert-OH is 1. The first-order chi connectivity index (χ1) is 11.8. The van der Waals surface area contributed by atoms with E-state index in [4.69, 9.17) is 10.2 Å². The van der Waals surface area contributed by atoms with Crippen molar-refractivity contribution >= 4 is 0 Å². The van der Waals surface area contributed by atoms with Crippen molar-refractivity contribution in [2.75, 3.05) is 13.1 Å². The van der Waals surface area contributed by atoms with E-state index in [0.29, 0.717) is 6.54 Å². The molecule has 0 aromatic carbocycles. The molecule has 0 aliphatic heterocycles. The number of halogens is 1. The van der Waals surface area contributed by atoms with Gasteiger partial charge in [-0.2, -0.15) is 0 Å². The molecule has 3 nitrogen and oxygen atoms in total. The molecule has 0 aromatic rings. The van der Waals surface area contributed by atoms with Gasteiger partial charge in [-0.3, -0.25) is 0 Å². The summed E-state index contributed by atoms with van der Waals surface area (Å²) in [5.41, 5.74) is 0. The highest BCUT2D eigenvalue weighted by Crippen LogP contribution is 2.10. The first-order valence-corrected chi connectivity index (χ1v) is 10.6. The Hall–Kier alpha value is 0.100. The predicted molar refractivity (Wildman–Crippen MR) is 104 cm³/mol. The molecule has 0 unspecified atom stereocenters. The van der Waals surface area contributed by atoms with Gasteiger partial charge in [0.2, 0.25) is 6.29 Å². The number of quaternary nitrogens is 1. The molecule has 4 heteroatoms.